The lowest BCUT2D eigenvalue weighted by atomic mass is 9.88. The Balaban J connectivity index is 2.20. The molecule has 1 fully saturated rings. The first-order chi connectivity index (χ1) is 11.7. The van der Waals surface area contributed by atoms with E-state index in [1.807, 2.05) is 24.3 Å². The van der Waals surface area contributed by atoms with Crippen molar-refractivity contribution in [3.63, 3.8) is 0 Å². The lowest BCUT2D eigenvalue weighted by molar-refractivity contribution is -0.196. The minimum atomic E-state index is -2.71. The summed E-state index contributed by atoms with van der Waals surface area (Å²) < 4.78 is 5.14. The van der Waals surface area contributed by atoms with Crippen LogP contribution in [0, 0.1) is 0 Å². The van der Waals surface area contributed by atoms with E-state index in [0.717, 1.165) is 23.8 Å². The molecule has 2 aromatic rings. The van der Waals surface area contributed by atoms with Crippen molar-refractivity contribution in [2.24, 2.45) is 0 Å². The van der Waals surface area contributed by atoms with Crippen molar-refractivity contribution in [1.82, 2.24) is 0 Å². The van der Waals surface area contributed by atoms with Crippen LogP contribution in [0.15, 0.2) is 36.4 Å². The van der Waals surface area contributed by atoms with Gasteiger partial charge >= 0.3 is 5.97 Å². The predicted octanol–water partition coefficient (Wildman–Crippen LogP) is -0.433. The molecule has 0 bridgehead atoms. The van der Waals surface area contributed by atoms with Crippen LogP contribution in [-0.4, -0.2) is 37.8 Å². The number of ketones is 1. The summed E-state index contributed by atoms with van der Waals surface area (Å²) in [4.78, 5) is 33.9. The number of ether oxygens (including phenoxy) is 1. The monoisotopic (exact) mass is 356 g/mol. The zero-order valence-corrected chi connectivity index (χ0v) is 13.8. The number of carbonyl (C=O) groups is 3. The topological polar surface area (TPSA) is 101 Å². The van der Waals surface area contributed by atoms with Crippen molar-refractivity contribution in [2.75, 3.05) is 0 Å². The molecular weight excluding hydrogens is 344 g/mol. The van der Waals surface area contributed by atoms with Gasteiger partial charge in [0.25, 0.3) is 10.0 Å². The molecule has 0 saturated carbocycles. The number of benzene rings is 2. The summed E-state index contributed by atoms with van der Waals surface area (Å²) in [6.45, 7) is 1.08. The second kappa shape index (κ2) is 5.01. The molecule has 0 amide bonds. The highest BCUT2D eigenvalue weighted by molar-refractivity contribution is 8.18. The Morgan fingerprint density at radius 3 is 2.40 bits per heavy atom. The van der Waals surface area contributed by atoms with E-state index in [1.165, 1.54) is 0 Å². The van der Waals surface area contributed by atoms with Crippen molar-refractivity contribution in [1.29, 1.82) is 0 Å². The summed E-state index contributed by atoms with van der Waals surface area (Å²) in [5.41, 5.74) is -0.217. The van der Waals surface area contributed by atoms with Gasteiger partial charge in [-0.2, -0.15) is 0 Å². The van der Waals surface area contributed by atoms with Gasteiger partial charge in [-0.25, -0.2) is 0 Å². The molecule has 1 aliphatic heterocycles. The summed E-state index contributed by atoms with van der Waals surface area (Å²) in [6, 6.07) is 10.7. The highest BCUT2D eigenvalue weighted by atomic mass is 32.2. The summed E-state index contributed by atoms with van der Waals surface area (Å²) >= 11 is 0.309. The van der Waals surface area contributed by atoms with Gasteiger partial charge in [0.1, 0.15) is 0 Å². The van der Waals surface area contributed by atoms with Gasteiger partial charge in [-0.15, -0.1) is 0 Å². The third-order valence-corrected chi connectivity index (χ3v) is 5.54. The van der Waals surface area contributed by atoms with Crippen LogP contribution >= 0.6 is 11.8 Å². The second-order valence-electron chi connectivity index (χ2n) is 5.96. The number of fused-ring (bicyclic) bond motifs is 3. The summed E-state index contributed by atoms with van der Waals surface area (Å²) in [7, 11) is 0. The first-order valence-electron chi connectivity index (χ1n) is 7.44. The second-order valence-corrected chi connectivity index (χ2v) is 7.11. The van der Waals surface area contributed by atoms with Gasteiger partial charge in [-0.3, -0.25) is 14.4 Å². The first-order valence-corrected chi connectivity index (χ1v) is 8.25. The quantitative estimate of drug-likeness (QED) is 0.406. The molecule has 1 heterocycles. The fourth-order valence-electron chi connectivity index (χ4n) is 3.29. The van der Waals surface area contributed by atoms with Crippen LogP contribution in [-0.2, 0) is 19.1 Å². The highest BCUT2D eigenvalue weighted by Gasteiger charge is 2.65. The van der Waals surface area contributed by atoms with E-state index in [2.05, 4.69) is 0 Å². The Hall–Kier alpha value is -2.48. The van der Waals surface area contributed by atoms with Gasteiger partial charge in [-0.1, -0.05) is 24.3 Å². The summed E-state index contributed by atoms with van der Waals surface area (Å²) in [5, 5.41) is 22.6. The zero-order valence-electron chi connectivity index (χ0n) is 13.0. The first kappa shape index (κ1) is 16.0. The van der Waals surface area contributed by atoms with Gasteiger partial charge in [-0.05, 0) is 51.2 Å². The molecule has 126 valence electrons. The average molecular weight is 356 g/mol. The molecule has 2 aromatic carbocycles. The molecular formula is C18H12O6S. The predicted molar refractivity (Wildman–Crippen MR) is 90.3 cm³/mol. The maximum Gasteiger partial charge on any atom is 0.304 e. The van der Waals surface area contributed by atoms with Crippen molar-refractivity contribution in [2.45, 2.75) is 17.6 Å². The van der Waals surface area contributed by atoms with Crippen LogP contribution in [0.5, 0.6) is 0 Å². The molecule has 1 saturated heterocycles. The smallest absolute Gasteiger partial charge is 0.304 e. The minimum absolute atomic E-state index is 0.217. The molecule has 0 radical (unpaired) electrons. The maximum absolute atomic E-state index is 12.5. The minimum Gasteiger partial charge on any atom is -0.436 e. The van der Waals surface area contributed by atoms with E-state index in [0.29, 0.717) is 22.2 Å². The Labute approximate surface area is 145 Å². The molecule has 1 unspecified atom stereocenters. The number of hydrogen-bond acceptors (Lipinski definition) is 7. The largest absolute Gasteiger partial charge is 0.436 e. The Bertz CT molecular complexity index is 1100. The Morgan fingerprint density at radius 1 is 1.12 bits per heavy atom. The van der Waals surface area contributed by atoms with Gasteiger partial charge in [0, 0.05) is 6.92 Å². The highest BCUT2D eigenvalue weighted by Crippen LogP contribution is 2.50. The number of thioether (sulfide) groups is 1. The van der Waals surface area contributed by atoms with E-state index in [4.69, 9.17) is 4.74 Å². The molecule has 7 heteroatoms. The number of aliphatic hydroxyl groups is 2. The van der Waals surface area contributed by atoms with Crippen LogP contribution in [0.3, 0.4) is 0 Å². The van der Waals surface area contributed by atoms with Crippen LogP contribution in [0.1, 0.15) is 6.92 Å². The molecule has 0 aromatic heterocycles. The Morgan fingerprint density at radius 2 is 1.76 bits per heavy atom. The molecule has 25 heavy (non-hydrogen) atoms. The van der Waals surface area contributed by atoms with Gasteiger partial charge in [0.2, 0.25) is 11.6 Å². The summed E-state index contributed by atoms with van der Waals surface area (Å²) in [6.07, 6.45) is 1.10. The van der Waals surface area contributed by atoms with Gasteiger partial charge < -0.3 is 14.9 Å². The fourth-order valence-corrected chi connectivity index (χ4v) is 4.42. The molecule has 2 N–H and O–H groups in total. The van der Waals surface area contributed by atoms with Crippen molar-refractivity contribution < 1.29 is 29.3 Å². The lowest BCUT2D eigenvalue weighted by Crippen LogP contribution is -2.59. The van der Waals surface area contributed by atoms with Crippen LogP contribution in [0.25, 0.3) is 22.4 Å². The van der Waals surface area contributed by atoms with Crippen molar-refractivity contribution >= 4 is 51.1 Å². The number of esters is 1. The molecule has 2 aliphatic rings. The van der Waals surface area contributed by atoms with Gasteiger partial charge in [0.05, 0.1) is 5.57 Å². The normalized spacial score (nSPS) is 23.9. The number of Topliss-reactive ketones (excluding diaryl/α,β-unsaturated/α-hetero) is 1. The van der Waals surface area contributed by atoms with Gasteiger partial charge in [0.15, 0.2) is 0 Å². The maximum atomic E-state index is 12.5. The lowest BCUT2D eigenvalue weighted by Gasteiger charge is -2.38. The van der Waals surface area contributed by atoms with E-state index < -0.39 is 27.6 Å². The van der Waals surface area contributed by atoms with Crippen LogP contribution in [0.4, 0.5) is 0 Å². The number of hydrogen-bond donors (Lipinski definition) is 2. The standard InChI is InChI=1S/C18H12O6S/c1-9(19)24-18-14(15(20)16(21)25-18)13-7-11-5-3-2-4-10(11)6-12(13)8-17(18,22)23/h2-8,22-23H,1H3. The van der Waals surface area contributed by atoms with E-state index in [9.17, 15) is 24.6 Å². The molecule has 1 atom stereocenters. The molecule has 4 rings (SSSR count). The van der Waals surface area contributed by atoms with Crippen LogP contribution in [0.2, 0.25) is 0 Å². The van der Waals surface area contributed by atoms with E-state index in [1.54, 1.807) is 12.1 Å². The van der Waals surface area contributed by atoms with Crippen molar-refractivity contribution in [3.8, 4) is 0 Å². The zero-order chi connectivity index (χ0) is 18.0. The third-order valence-electron chi connectivity index (χ3n) is 4.29. The summed E-state index contributed by atoms with van der Waals surface area (Å²) in [5.74, 6) is -4.45. The van der Waals surface area contributed by atoms with E-state index in [-0.39, 0.29) is 5.57 Å². The fraction of sp³-hybridized carbons (Fsp3) is 0.167. The molecule has 1 aliphatic carbocycles. The van der Waals surface area contributed by atoms with Crippen LogP contribution < -0.4 is 10.4 Å². The average Bonchev–Trinajstić information content (AvgIpc) is 2.78. The van der Waals surface area contributed by atoms with E-state index >= 15 is 0 Å². The van der Waals surface area contributed by atoms with Crippen molar-refractivity contribution in [3.05, 3.63) is 46.8 Å². The molecule has 0 spiro atoms. The molecule has 6 nitrogen and oxygen atoms in total. The number of rotatable bonds is 1. The Kier molecular flexibility index (Phi) is 3.21. The SMILES string of the molecule is CC(=O)OC12SC(=O)C(=O)C1=c1cc3ccccc3cc1=CC2(O)O. The third kappa shape index (κ3) is 2.10. The number of carbonyl (C=O) groups excluding carboxylic acids is 3.